The molecular weight excluding hydrogens is 220 g/mol. The first kappa shape index (κ1) is 13.6. The molecule has 0 aliphatic carbocycles. The van der Waals surface area contributed by atoms with Crippen LogP contribution in [0.5, 0.6) is 0 Å². The summed E-state index contributed by atoms with van der Waals surface area (Å²) < 4.78 is 4.83. The predicted molar refractivity (Wildman–Crippen MR) is 63.5 cm³/mol. The third kappa shape index (κ3) is 6.01. The second-order valence-corrected chi connectivity index (χ2v) is 4.19. The molecule has 0 radical (unpaired) electrons. The fraction of sp³-hybridized carbons (Fsp3) is 0.727. The number of nitrogens with one attached hydrogen (secondary N) is 2. The van der Waals surface area contributed by atoms with Gasteiger partial charge in [-0.15, -0.1) is 0 Å². The lowest BCUT2D eigenvalue weighted by atomic mass is 10.3. The minimum Gasteiger partial charge on any atom is -0.356 e. The summed E-state index contributed by atoms with van der Waals surface area (Å²) in [6, 6.07) is 0.408. The Hall–Kier alpha value is -1.43. The van der Waals surface area contributed by atoms with Gasteiger partial charge in [-0.05, 0) is 0 Å². The lowest BCUT2D eigenvalue weighted by Gasteiger charge is -2.07. The summed E-state index contributed by atoms with van der Waals surface area (Å²) in [5, 5.41) is 9.75. The Balaban J connectivity index is 2.08. The molecule has 96 valence electrons. The molecule has 1 amide bonds. The first-order valence-corrected chi connectivity index (χ1v) is 5.87. The van der Waals surface area contributed by atoms with E-state index >= 15 is 0 Å². The number of rotatable bonds is 7. The Morgan fingerprint density at radius 2 is 2.18 bits per heavy atom. The predicted octanol–water partition coefficient (Wildman–Crippen LogP) is 0.425. The number of aryl methyl sites for hydroxylation is 1. The number of nitrogens with zero attached hydrogens (tertiary/aromatic N) is 2. The molecule has 0 aliphatic heterocycles. The van der Waals surface area contributed by atoms with E-state index in [0.717, 1.165) is 0 Å². The van der Waals surface area contributed by atoms with Crippen molar-refractivity contribution in [2.24, 2.45) is 0 Å². The SMILES string of the molecule is Cc1nc(CCNC(=O)CCNC(C)C)no1. The van der Waals surface area contributed by atoms with Gasteiger partial charge >= 0.3 is 0 Å². The van der Waals surface area contributed by atoms with Crippen molar-refractivity contribution in [3.63, 3.8) is 0 Å². The van der Waals surface area contributed by atoms with Crippen molar-refractivity contribution < 1.29 is 9.32 Å². The highest BCUT2D eigenvalue weighted by atomic mass is 16.5. The summed E-state index contributed by atoms with van der Waals surface area (Å²) in [7, 11) is 0. The zero-order chi connectivity index (χ0) is 12.7. The maximum atomic E-state index is 11.4. The summed E-state index contributed by atoms with van der Waals surface area (Å²) in [5.74, 6) is 1.22. The van der Waals surface area contributed by atoms with Crippen molar-refractivity contribution >= 4 is 5.91 Å². The van der Waals surface area contributed by atoms with Crippen LogP contribution in [0.1, 0.15) is 32.0 Å². The molecule has 17 heavy (non-hydrogen) atoms. The van der Waals surface area contributed by atoms with E-state index in [0.29, 0.717) is 43.7 Å². The number of carbonyl (C=O) groups excluding carboxylic acids is 1. The molecule has 1 aromatic heterocycles. The second-order valence-electron chi connectivity index (χ2n) is 4.19. The number of amides is 1. The Kier molecular flexibility index (Phi) is 5.62. The third-order valence-electron chi connectivity index (χ3n) is 2.15. The van der Waals surface area contributed by atoms with Gasteiger partial charge in [-0.1, -0.05) is 19.0 Å². The van der Waals surface area contributed by atoms with Gasteiger partial charge in [0, 0.05) is 38.9 Å². The molecule has 1 aromatic rings. The largest absolute Gasteiger partial charge is 0.356 e. The van der Waals surface area contributed by atoms with Crippen LogP contribution in [0.4, 0.5) is 0 Å². The van der Waals surface area contributed by atoms with Crippen LogP contribution in [0, 0.1) is 6.92 Å². The van der Waals surface area contributed by atoms with Crippen LogP contribution in [-0.2, 0) is 11.2 Å². The molecule has 1 heterocycles. The van der Waals surface area contributed by atoms with E-state index in [9.17, 15) is 4.79 Å². The molecule has 0 saturated carbocycles. The highest BCUT2D eigenvalue weighted by Gasteiger charge is 2.04. The van der Waals surface area contributed by atoms with Gasteiger partial charge in [0.2, 0.25) is 11.8 Å². The summed E-state index contributed by atoms with van der Waals surface area (Å²) in [6.07, 6.45) is 1.09. The number of aromatic nitrogens is 2. The summed E-state index contributed by atoms with van der Waals surface area (Å²) in [5.41, 5.74) is 0. The van der Waals surface area contributed by atoms with Crippen LogP contribution in [0.15, 0.2) is 4.52 Å². The first-order valence-electron chi connectivity index (χ1n) is 5.87. The van der Waals surface area contributed by atoms with Crippen molar-refractivity contribution in [3.05, 3.63) is 11.7 Å². The van der Waals surface area contributed by atoms with Gasteiger partial charge in [0.05, 0.1) is 0 Å². The average molecular weight is 240 g/mol. The zero-order valence-electron chi connectivity index (χ0n) is 10.6. The fourth-order valence-corrected chi connectivity index (χ4v) is 1.32. The van der Waals surface area contributed by atoms with E-state index in [2.05, 4.69) is 34.6 Å². The average Bonchev–Trinajstić information content (AvgIpc) is 2.63. The first-order chi connectivity index (χ1) is 8.08. The van der Waals surface area contributed by atoms with E-state index in [1.165, 1.54) is 0 Å². The monoisotopic (exact) mass is 240 g/mol. The molecule has 6 nitrogen and oxygen atoms in total. The Bertz CT molecular complexity index is 349. The molecule has 0 spiro atoms. The van der Waals surface area contributed by atoms with Gasteiger partial charge in [0.15, 0.2) is 5.82 Å². The lowest BCUT2D eigenvalue weighted by Crippen LogP contribution is -2.31. The number of carbonyl (C=O) groups is 1. The van der Waals surface area contributed by atoms with Gasteiger partial charge in [-0.3, -0.25) is 4.79 Å². The van der Waals surface area contributed by atoms with E-state index in [4.69, 9.17) is 4.52 Å². The number of hydrogen-bond donors (Lipinski definition) is 2. The normalized spacial score (nSPS) is 10.8. The van der Waals surface area contributed by atoms with Crippen molar-refractivity contribution in [1.29, 1.82) is 0 Å². The van der Waals surface area contributed by atoms with Gasteiger partial charge in [-0.25, -0.2) is 0 Å². The van der Waals surface area contributed by atoms with Crippen LogP contribution in [0.2, 0.25) is 0 Å². The molecule has 0 fully saturated rings. The second kappa shape index (κ2) is 7.01. The third-order valence-corrected chi connectivity index (χ3v) is 2.15. The fourth-order valence-electron chi connectivity index (χ4n) is 1.32. The van der Waals surface area contributed by atoms with Crippen LogP contribution in [0.3, 0.4) is 0 Å². The van der Waals surface area contributed by atoms with E-state index < -0.39 is 0 Å². The highest BCUT2D eigenvalue weighted by Crippen LogP contribution is 1.94. The summed E-state index contributed by atoms with van der Waals surface area (Å²) >= 11 is 0. The molecule has 0 bridgehead atoms. The highest BCUT2D eigenvalue weighted by molar-refractivity contribution is 5.76. The molecule has 0 unspecified atom stereocenters. The summed E-state index contributed by atoms with van der Waals surface area (Å²) in [6.45, 7) is 7.09. The van der Waals surface area contributed by atoms with Crippen molar-refractivity contribution in [1.82, 2.24) is 20.8 Å². The Morgan fingerprint density at radius 1 is 1.41 bits per heavy atom. The van der Waals surface area contributed by atoms with Crippen LogP contribution in [0.25, 0.3) is 0 Å². The lowest BCUT2D eigenvalue weighted by molar-refractivity contribution is -0.120. The Morgan fingerprint density at radius 3 is 2.76 bits per heavy atom. The molecule has 6 heteroatoms. The molecule has 0 aliphatic rings. The molecular formula is C11H20N4O2. The van der Waals surface area contributed by atoms with E-state index in [-0.39, 0.29) is 5.91 Å². The molecule has 1 rings (SSSR count). The van der Waals surface area contributed by atoms with Crippen molar-refractivity contribution in [2.75, 3.05) is 13.1 Å². The summed E-state index contributed by atoms with van der Waals surface area (Å²) in [4.78, 5) is 15.5. The maximum Gasteiger partial charge on any atom is 0.223 e. The quantitative estimate of drug-likeness (QED) is 0.722. The van der Waals surface area contributed by atoms with Crippen molar-refractivity contribution in [2.45, 2.75) is 39.7 Å². The van der Waals surface area contributed by atoms with Crippen LogP contribution < -0.4 is 10.6 Å². The van der Waals surface area contributed by atoms with Crippen molar-refractivity contribution in [3.8, 4) is 0 Å². The van der Waals surface area contributed by atoms with E-state index in [1.807, 2.05) is 0 Å². The minimum absolute atomic E-state index is 0.0402. The van der Waals surface area contributed by atoms with Crippen LogP contribution in [-0.4, -0.2) is 35.2 Å². The maximum absolute atomic E-state index is 11.4. The standard InChI is InChI=1S/C11H20N4O2/c1-8(2)12-7-5-11(16)13-6-4-10-14-9(3)17-15-10/h8,12H,4-7H2,1-3H3,(H,13,16). The topological polar surface area (TPSA) is 80.0 Å². The van der Waals surface area contributed by atoms with Gasteiger partial charge in [0.25, 0.3) is 0 Å². The molecule has 0 atom stereocenters. The zero-order valence-corrected chi connectivity index (χ0v) is 10.6. The molecule has 0 aromatic carbocycles. The smallest absolute Gasteiger partial charge is 0.223 e. The number of hydrogen-bond acceptors (Lipinski definition) is 5. The van der Waals surface area contributed by atoms with Gasteiger partial charge < -0.3 is 15.2 Å². The van der Waals surface area contributed by atoms with Gasteiger partial charge in [-0.2, -0.15) is 4.98 Å². The van der Waals surface area contributed by atoms with E-state index in [1.54, 1.807) is 6.92 Å². The van der Waals surface area contributed by atoms with Gasteiger partial charge in [0.1, 0.15) is 0 Å². The van der Waals surface area contributed by atoms with Crippen LogP contribution >= 0.6 is 0 Å². The Labute approximate surface area is 101 Å². The molecule has 0 saturated heterocycles. The molecule has 2 N–H and O–H groups in total. The minimum atomic E-state index is 0.0402.